The van der Waals surface area contributed by atoms with Crippen LogP contribution in [0.3, 0.4) is 0 Å². The van der Waals surface area contributed by atoms with Crippen LogP contribution in [0.2, 0.25) is 0 Å². The molecule has 6 nitrogen and oxygen atoms in total. The zero-order valence-corrected chi connectivity index (χ0v) is 16.9. The van der Waals surface area contributed by atoms with Crippen LogP contribution < -0.4 is 10.0 Å². The van der Waals surface area contributed by atoms with Crippen LogP contribution in [-0.2, 0) is 14.8 Å². The van der Waals surface area contributed by atoms with E-state index in [4.69, 9.17) is 4.74 Å². The maximum atomic E-state index is 13.0. The zero-order chi connectivity index (χ0) is 20.0. The topological polar surface area (TPSA) is 84.5 Å². The summed E-state index contributed by atoms with van der Waals surface area (Å²) in [6, 6.07) is 11.5. The lowest BCUT2D eigenvalue weighted by molar-refractivity contribution is 0.0377. The first-order valence-electron chi connectivity index (χ1n) is 8.91. The molecule has 0 atom stereocenters. The summed E-state index contributed by atoms with van der Waals surface area (Å²) in [5.41, 5.74) is 2.12. The van der Waals surface area contributed by atoms with Crippen molar-refractivity contribution in [2.24, 2.45) is 0 Å². The number of carbonyl (C=O) groups excluding carboxylic acids is 1. The average molecular weight is 391 g/mol. The number of rotatable bonds is 8. The molecule has 0 fully saturated rings. The summed E-state index contributed by atoms with van der Waals surface area (Å²) in [6.45, 7) is 8.01. The zero-order valence-electron chi connectivity index (χ0n) is 16.1. The summed E-state index contributed by atoms with van der Waals surface area (Å²) in [7, 11) is -3.89. The normalized spacial score (nSPS) is 11.3. The quantitative estimate of drug-likeness (QED) is 0.661. The molecule has 0 aliphatic rings. The van der Waals surface area contributed by atoms with Gasteiger partial charge >= 0.3 is 5.97 Å². The van der Waals surface area contributed by atoms with Crippen LogP contribution in [-0.4, -0.2) is 27.0 Å². The van der Waals surface area contributed by atoms with Gasteiger partial charge in [-0.2, -0.15) is 0 Å². The summed E-state index contributed by atoms with van der Waals surface area (Å²) in [4.78, 5) is 12.2. The van der Waals surface area contributed by atoms with Gasteiger partial charge in [0, 0.05) is 12.2 Å². The van der Waals surface area contributed by atoms with E-state index in [1.165, 1.54) is 6.07 Å². The van der Waals surface area contributed by atoms with Crippen molar-refractivity contribution in [1.29, 1.82) is 0 Å². The van der Waals surface area contributed by atoms with E-state index in [-0.39, 0.29) is 16.6 Å². The summed E-state index contributed by atoms with van der Waals surface area (Å²) in [6.07, 6.45) is 0.545. The van der Waals surface area contributed by atoms with E-state index in [1.807, 2.05) is 26.0 Å². The van der Waals surface area contributed by atoms with E-state index in [1.54, 1.807) is 38.1 Å². The number of hydrogen-bond donors (Lipinski definition) is 2. The first kappa shape index (κ1) is 20.8. The van der Waals surface area contributed by atoms with Gasteiger partial charge in [-0.25, -0.2) is 13.2 Å². The number of nitrogens with one attached hydrogen (secondary N) is 2. The van der Waals surface area contributed by atoms with Crippen LogP contribution in [0.15, 0.2) is 47.4 Å². The van der Waals surface area contributed by atoms with Crippen LogP contribution in [0.4, 0.5) is 11.4 Å². The summed E-state index contributed by atoms with van der Waals surface area (Å²) >= 11 is 0. The smallest absolute Gasteiger partial charge is 0.338 e. The van der Waals surface area contributed by atoms with Gasteiger partial charge in [0.15, 0.2) is 0 Å². The number of hydrogen-bond acceptors (Lipinski definition) is 5. The third-order valence-corrected chi connectivity index (χ3v) is 5.14. The number of sulfonamides is 1. The highest BCUT2D eigenvalue weighted by Crippen LogP contribution is 2.26. The first-order valence-corrected chi connectivity index (χ1v) is 10.4. The Bertz CT molecular complexity index is 891. The van der Waals surface area contributed by atoms with Gasteiger partial charge in [0.1, 0.15) is 4.90 Å². The molecule has 2 aromatic rings. The molecule has 2 rings (SSSR count). The van der Waals surface area contributed by atoms with E-state index < -0.39 is 16.0 Å². The van der Waals surface area contributed by atoms with Crippen LogP contribution in [0.5, 0.6) is 0 Å². The van der Waals surface area contributed by atoms with Crippen molar-refractivity contribution < 1.29 is 17.9 Å². The Morgan fingerprint density at radius 1 is 1.11 bits per heavy atom. The highest BCUT2D eigenvalue weighted by molar-refractivity contribution is 7.92. The van der Waals surface area contributed by atoms with Gasteiger partial charge in [0.25, 0.3) is 10.0 Å². The van der Waals surface area contributed by atoms with E-state index >= 15 is 0 Å². The number of carbonyl (C=O) groups is 1. The molecule has 0 saturated carbocycles. The van der Waals surface area contributed by atoms with Gasteiger partial charge in [-0.05, 0) is 57.5 Å². The van der Waals surface area contributed by atoms with Gasteiger partial charge in [0.05, 0.1) is 17.4 Å². The lowest BCUT2D eigenvalue weighted by Gasteiger charge is -2.15. The van der Waals surface area contributed by atoms with Crippen LogP contribution in [0.25, 0.3) is 0 Å². The van der Waals surface area contributed by atoms with E-state index in [0.29, 0.717) is 17.9 Å². The maximum Gasteiger partial charge on any atom is 0.338 e. The molecule has 0 heterocycles. The van der Waals surface area contributed by atoms with Crippen molar-refractivity contribution >= 4 is 27.4 Å². The molecule has 27 heavy (non-hydrogen) atoms. The van der Waals surface area contributed by atoms with Crippen molar-refractivity contribution in [3.8, 4) is 0 Å². The fraction of sp³-hybridized carbons (Fsp3) is 0.350. The standard InChI is InChI=1S/C20H26N2O4S/c1-5-12-21-18-11-8-16(20(23)26-14(2)3)13-19(18)27(24,25)22-17-9-6-15(4)7-10-17/h6-11,13-14,21-22H,5,12H2,1-4H3. The van der Waals surface area contributed by atoms with Crippen LogP contribution in [0, 0.1) is 6.92 Å². The molecular weight excluding hydrogens is 364 g/mol. The molecule has 0 amide bonds. The number of aryl methyl sites for hydroxylation is 1. The van der Waals surface area contributed by atoms with Crippen molar-refractivity contribution in [2.75, 3.05) is 16.6 Å². The van der Waals surface area contributed by atoms with Gasteiger partial charge in [-0.3, -0.25) is 4.72 Å². The second kappa shape index (κ2) is 8.90. The van der Waals surface area contributed by atoms with Gasteiger partial charge in [-0.1, -0.05) is 24.6 Å². The third kappa shape index (κ3) is 5.72. The molecule has 0 spiro atoms. The lowest BCUT2D eigenvalue weighted by atomic mass is 10.2. The minimum absolute atomic E-state index is 0.00901. The van der Waals surface area contributed by atoms with E-state index in [2.05, 4.69) is 10.0 Å². The highest BCUT2D eigenvalue weighted by atomic mass is 32.2. The first-order chi connectivity index (χ1) is 12.7. The fourth-order valence-corrected chi connectivity index (χ4v) is 3.66. The predicted octanol–water partition coefficient (Wildman–Crippen LogP) is 4.18. The van der Waals surface area contributed by atoms with Gasteiger partial charge < -0.3 is 10.1 Å². The van der Waals surface area contributed by atoms with Crippen molar-refractivity contribution in [3.05, 3.63) is 53.6 Å². The predicted molar refractivity (Wildman–Crippen MR) is 108 cm³/mol. The monoisotopic (exact) mass is 390 g/mol. The average Bonchev–Trinajstić information content (AvgIpc) is 2.61. The molecular formula is C20H26N2O4S. The number of esters is 1. The molecule has 0 aliphatic heterocycles. The second-order valence-corrected chi connectivity index (χ2v) is 8.21. The Balaban J connectivity index is 2.42. The Kier molecular flexibility index (Phi) is 6.85. The largest absolute Gasteiger partial charge is 0.459 e. The molecule has 146 valence electrons. The Morgan fingerprint density at radius 3 is 2.37 bits per heavy atom. The number of benzene rings is 2. The van der Waals surface area contributed by atoms with E-state index in [0.717, 1.165) is 12.0 Å². The Morgan fingerprint density at radius 2 is 1.78 bits per heavy atom. The van der Waals surface area contributed by atoms with Crippen molar-refractivity contribution in [3.63, 3.8) is 0 Å². The Hall–Kier alpha value is -2.54. The molecule has 0 bridgehead atoms. The molecule has 2 aromatic carbocycles. The fourth-order valence-electron chi connectivity index (χ4n) is 2.39. The minimum atomic E-state index is -3.89. The third-order valence-electron chi connectivity index (χ3n) is 3.72. The molecule has 0 saturated heterocycles. The number of anilines is 2. The van der Waals surface area contributed by atoms with Crippen LogP contribution >= 0.6 is 0 Å². The maximum absolute atomic E-state index is 13.0. The molecule has 0 unspecified atom stereocenters. The molecule has 7 heteroatoms. The minimum Gasteiger partial charge on any atom is -0.459 e. The Labute approximate surface area is 161 Å². The molecule has 0 aromatic heterocycles. The van der Waals surface area contributed by atoms with Gasteiger partial charge in [0.2, 0.25) is 0 Å². The lowest BCUT2D eigenvalue weighted by Crippen LogP contribution is -2.18. The highest BCUT2D eigenvalue weighted by Gasteiger charge is 2.22. The van der Waals surface area contributed by atoms with Crippen molar-refractivity contribution in [2.45, 2.75) is 45.1 Å². The summed E-state index contributed by atoms with van der Waals surface area (Å²) in [5.74, 6) is -0.557. The number of ether oxygens (including phenoxy) is 1. The molecule has 2 N–H and O–H groups in total. The summed E-state index contributed by atoms with van der Waals surface area (Å²) in [5, 5.41) is 3.10. The molecule has 0 aliphatic carbocycles. The van der Waals surface area contributed by atoms with Gasteiger partial charge in [-0.15, -0.1) is 0 Å². The van der Waals surface area contributed by atoms with Crippen molar-refractivity contribution in [1.82, 2.24) is 0 Å². The summed E-state index contributed by atoms with van der Waals surface area (Å²) < 4.78 is 33.7. The van der Waals surface area contributed by atoms with Crippen LogP contribution in [0.1, 0.15) is 43.1 Å². The SMILES string of the molecule is CCCNc1ccc(C(=O)OC(C)C)cc1S(=O)(=O)Nc1ccc(C)cc1. The second-order valence-electron chi connectivity index (χ2n) is 6.56. The molecule has 0 radical (unpaired) electrons. The van der Waals surface area contributed by atoms with E-state index in [9.17, 15) is 13.2 Å².